The van der Waals surface area contributed by atoms with Gasteiger partial charge in [-0.05, 0) is 30.7 Å². The van der Waals surface area contributed by atoms with E-state index in [4.69, 9.17) is 5.26 Å². The maximum Gasteiger partial charge on any atom is 0.325 e. The highest BCUT2D eigenvalue weighted by Crippen LogP contribution is 2.31. The smallest absolute Gasteiger partial charge is 0.319 e. The molecule has 0 aliphatic carbocycles. The zero-order valence-electron chi connectivity index (χ0n) is 12.9. The van der Waals surface area contributed by atoms with Crippen LogP contribution in [0.15, 0.2) is 48.5 Å². The minimum Gasteiger partial charge on any atom is -0.319 e. The lowest BCUT2D eigenvalue weighted by atomic mass is 9.91. The first-order valence-electron chi connectivity index (χ1n) is 7.34. The predicted octanol–water partition coefficient (Wildman–Crippen LogP) is 2.66. The van der Waals surface area contributed by atoms with Gasteiger partial charge in [0.25, 0.3) is 5.91 Å². The summed E-state index contributed by atoms with van der Waals surface area (Å²) in [7, 11) is 0. The van der Waals surface area contributed by atoms with Gasteiger partial charge in [0, 0.05) is 5.56 Å². The SMILES string of the molecule is C[C@@]1(c2ccccc2F)NC(=O)N(Cc2ccc(C#N)cc2)C1=O. The molecule has 0 aromatic heterocycles. The number of halogens is 1. The Morgan fingerprint density at radius 1 is 1.17 bits per heavy atom. The van der Waals surface area contributed by atoms with Crippen molar-refractivity contribution in [2.24, 2.45) is 0 Å². The Morgan fingerprint density at radius 3 is 2.46 bits per heavy atom. The largest absolute Gasteiger partial charge is 0.325 e. The number of urea groups is 1. The lowest BCUT2D eigenvalue weighted by Crippen LogP contribution is -2.41. The molecular weight excluding hydrogens is 309 g/mol. The van der Waals surface area contributed by atoms with Crippen LogP contribution >= 0.6 is 0 Å². The number of nitriles is 1. The molecule has 3 rings (SSSR count). The Balaban J connectivity index is 1.89. The standard InChI is InChI=1S/C18H14FN3O2/c1-18(14-4-2-3-5-15(14)19)16(23)22(17(24)21-18)11-13-8-6-12(10-20)7-9-13/h2-9H,11H2,1H3,(H,21,24)/t18-/m0/s1. The number of nitrogens with one attached hydrogen (secondary N) is 1. The van der Waals surface area contributed by atoms with E-state index in [2.05, 4.69) is 5.32 Å². The van der Waals surface area contributed by atoms with Crippen LogP contribution in [-0.4, -0.2) is 16.8 Å². The molecule has 1 saturated heterocycles. The summed E-state index contributed by atoms with van der Waals surface area (Å²) in [5.41, 5.74) is -0.109. The first-order valence-corrected chi connectivity index (χ1v) is 7.34. The second-order valence-electron chi connectivity index (χ2n) is 5.74. The molecule has 0 spiro atoms. The van der Waals surface area contributed by atoms with Crippen LogP contribution in [0.1, 0.15) is 23.6 Å². The summed E-state index contributed by atoms with van der Waals surface area (Å²) < 4.78 is 14.1. The van der Waals surface area contributed by atoms with Crippen molar-refractivity contribution in [1.82, 2.24) is 10.2 Å². The third kappa shape index (κ3) is 2.50. The van der Waals surface area contributed by atoms with Crippen LogP contribution in [0, 0.1) is 17.1 Å². The Morgan fingerprint density at radius 2 is 1.83 bits per heavy atom. The third-order valence-corrected chi connectivity index (χ3v) is 4.11. The number of benzene rings is 2. The van der Waals surface area contributed by atoms with Crippen LogP contribution in [0.2, 0.25) is 0 Å². The van der Waals surface area contributed by atoms with Gasteiger partial charge in [0.2, 0.25) is 0 Å². The highest BCUT2D eigenvalue weighted by molar-refractivity contribution is 6.07. The van der Waals surface area contributed by atoms with Crippen LogP contribution in [-0.2, 0) is 16.9 Å². The molecule has 24 heavy (non-hydrogen) atoms. The third-order valence-electron chi connectivity index (χ3n) is 4.11. The molecule has 0 unspecified atom stereocenters. The molecular formula is C18H14FN3O2. The van der Waals surface area contributed by atoms with Crippen molar-refractivity contribution in [3.05, 3.63) is 71.0 Å². The van der Waals surface area contributed by atoms with Gasteiger partial charge in [-0.3, -0.25) is 9.69 Å². The number of amides is 3. The van der Waals surface area contributed by atoms with E-state index in [9.17, 15) is 14.0 Å². The molecule has 1 aliphatic rings. The van der Waals surface area contributed by atoms with Crippen molar-refractivity contribution in [2.45, 2.75) is 19.0 Å². The van der Waals surface area contributed by atoms with E-state index in [1.165, 1.54) is 25.1 Å². The number of carbonyl (C=O) groups excluding carboxylic acids is 2. The topological polar surface area (TPSA) is 73.2 Å². The summed E-state index contributed by atoms with van der Waals surface area (Å²) in [5.74, 6) is -1.06. The number of rotatable bonds is 3. The lowest BCUT2D eigenvalue weighted by molar-refractivity contribution is -0.131. The number of hydrogen-bond acceptors (Lipinski definition) is 3. The summed E-state index contributed by atoms with van der Waals surface area (Å²) in [5, 5.41) is 11.4. The molecule has 2 aromatic rings. The average molecular weight is 323 g/mol. The second kappa shape index (κ2) is 5.78. The van der Waals surface area contributed by atoms with Crippen molar-refractivity contribution in [3.8, 4) is 6.07 Å². The second-order valence-corrected chi connectivity index (χ2v) is 5.74. The van der Waals surface area contributed by atoms with Gasteiger partial charge in [-0.15, -0.1) is 0 Å². The molecule has 0 bridgehead atoms. The molecule has 6 heteroatoms. The van der Waals surface area contributed by atoms with Crippen LogP contribution in [0.25, 0.3) is 0 Å². The Labute approximate surface area is 138 Å². The summed E-state index contributed by atoms with van der Waals surface area (Å²) >= 11 is 0. The van der Waals surface area contributed by atoms with E-state index in [0.717, 1.165) is 4.90 Å². The Hall–Kier alpha value is -3.20. The average Bonchev–Trinajstić information content (AvgIpc) is 2.80. The van der Waals surface area contributed by atoms with Crippen molar-refractivity contribution in [2.75, 3.05) is 0 Å². The molecule has 0 saturated carbocycles. The minimum atomic E-state index is -1.44. The molecule has 1 heterocycles. The molecule has 0 radical (unpaired) electrons. The summed E-state index contributed by atoms with van der Waals surface area (Å²) in [6.45, 7) is 1.55. The van der Waals surface area contributed by atoms with E-state index in [0.29, 0.717) is 11.1 Å². The predicted molar refractivity (Wildman–Crippen MR) is 84.0 cm³/mol. The van der Waals surface area contributed by atoms with Crippen molar-refractivity contribution < 1.29 is 14.0 Å². The van der Waals surface area contributed by atoms with Crippen LogP contribution in [0.3, 0.4) is 0 Å². The van der Waals surface area contributed by atoms with Crippen LogP contribution in [0.4, 0.5) is 9.18 Å². The number of hydrogen-bond donors (Lipinski definition) is 1. The monoisotopic (exact) mass is 323 g/mol. The highest BCUT2D eigenvalue weighted by atomic mass is 19.1. The van der Waals surface area contributed by atoms with E-state index in [-0.39, 0.29) is 12.1 Å². The summed E-state index contributed by atoms with van der Waals surface area (Å²) in [6.07, 6.45) is 0. The first kappa shape index (κ1) is 15.7. The van der Waals surface area contributed by atoms with Crippen molar-refractivity contribution in [1.29, 1.82) is 5.26 Å². The zero-order chi connectivity index (χ0) is 17.3. The fourth-order valence-corrected chi connectivity index (χ4v) is 2.76. The maximum atomic E-state index is 14.1. The molecule has 5 nitrogen and oxygen atoms in total. The van der Waals surface area contributed by atoms with Crippen LogP contribution < -0.4 is 5.32 Å². The van der Waals surface area contributed by atoms with E-state index < -0.39 is 23.3 Å². The van der Waals surface area contributed by atoms with Gasteiger partial charge in [0.1, 0.15) is 11.4 Å². The quantitative estimate of drug-likeness (QED) is 0.883. The van der Waals surface area contributed by atoms with E-state index in [1.54, 1.807) is 30.3 Å². The number of nitrogens with zero attached hydrogens (tertiary/aromatic N) is 2. The summed E-state index contributed by atoms with van der Waals surface area (Å²) in [6, 6.07) is 13.9. The van der Waals surface area contributed by atoms with Gasteiger partial charge in [0.05, 0.1) is 18.2 Å². The van der Waals surface area contributed by atoms with Gasteiger partial charge in [0.15, 0.2) is 0 Å². The van der Waals surface area contributed by atoms with Crippen LogP contribution in [0.5, 0.6) is 0 Å². The number of carbonyl (C=O) groups is 2. The molecule has 1 atom stereocenters. The van der Waals surface area contributed by atoms with Crippen molar-refractivity contribution >= 4 is 11.9 Å². The van der Waals surface area contributed by atoms with Crippen molar-refractivity contribution in [3.63, 3.8) is 0 Å². The first-order chi connectivity index (χ1) is 11.5. The lowest BCUT2D eigenvalue weighted by Gasteiger charge is -2.22. The van der Waals surface area contributed by atoms with E-state index >= 15 is 0 Å². The molecule has 1 N–H and O–H groups in total. The van der Waals surface area contributed by atoms with Gasteiger partial charge in [-0.1, -0.05) is 30.3 Å². The molecule has 120 valence electrons. The summed E-state index contributed by atoms with van der Waals surface area (Å²) in [4.78, 5) is 26.0. The molecule has 3 amide bonds. The highest BCUT2D eigenvalue weighted by Gasteiger charge is 2.50. The van der Waals surface area contributed by atoms with Gasteiger partial charge in [-0.2, -0.15) is 5.26 Å². The normalized spacial score (nSPS) is 20.0. The number of imide groups is 1. The van der Waals surface area contributed by atoms with E-state index in [1.807, 2.05) is 6.07 Å². The zero-order valence-corrected chi connectivity index (χ0v) is 12.9. The Bertz CT molecular complexity index is 857. The minimum absolute atomic E-state index is 0.0560. The van der Waals surface area contributed by atoms with Gasteiger partial charge in [-0.25, -0.2) is 9.18 Å². The fraction of sp³-hybridized carbons (Fsp3) is 0.167. The molecule has 2 aromatic carbocycles. The molecule has 1 aliphatic heterocycles. The van der Waals surface area contributed by atoms with Gasteiger partial charge >= 0.3 is 6.03 Å². The Kier molecular flexibility index (Phi) is 3.78. The fourth-order valence-electron chi connectivity index (χ4n) is 2.76. The van der Waals surface area contributed by atoms with Gasteiger partial charge < -0.3 is 5.32 Å². The molecule has 1 fully saturated rings. The maximum absolute atomic E-state index is 14.1.